The first-order chi connectivity index (χ1) is 6.56. The lowest BCUT2D eigenvalue weighted by atomic mass is 9.92. The minimum Gasteiger partial charge on any atom is -0.324 e. The van der Waals surface area contributed by atoms with Crippen molar-refractivity contribution in [1.29, 1.82) is 0 Å². The maximum Gasteiger partial charge on any atom is 0.0408 e. The fraction of sp³-hybridized carbons (Fsp3) is 0.500. The van der Waals surface area contributed by atoms with Gasteiger partial charge in [0.1, 0.15) is 0 Å². The van der Waals surface area contributed by atoms with Crippen LogP contribution in [0, 0.1) is 5.92 Å². The molecule has 1 nitrogen and oxygen atoms in total. The first-order valence-corrected chi connectivity index (χ1v) is 5.48. The van der Waals surface area contributed by atoms with E-state index in [0.29, 0.717) is 5.92 Å². The first kappa shape index (κ1) is 11.5. The van der Waals surface area contributed by atoms with Gasteiger partial charge in [-0.05, 0) is 35.6 Å². The molecule has 2 N–H and O–H groups in total. The van der Waals surface area contributed by atoms with E-state index in [1.807, 2.05) is 18.2 Å². The fourth-order valence-corrected chi connectivity index (χ4v) is 1.76. The minimum absolute atomic E-state index is 0.113. The molecule has 0 unspecified atom stereocenters. The van der Waals surface area contributed by atoms with Crippen LogP contribution in [0.15, 0.2) is 18.2 Å². The molecule has 0 aliphatic rings. The molecule has 1 rings (SSSR count). The molecule has 1 aromatic rings. The summed E-state index contributed by atoms with van der Waals surface area (Å²) in [5.74, 6) is 0.460. The van der Waals surface area contributed by atoms with Gasteiger partial charge in [-0.2, -0.15) is 0 Å². The van der Waals surface area contributed by atoms with Crippen molar-refractivity contribution in [3.8, 4) is 0 Å². The lowest BCUT2D eigenvalue weighted by Crippen LogP contribution is -2.18. The van der Waals surface area contributed by atoms with E-state index in [9.17, 15) is 0 Å². The summed E-state index contributed by atoms with van der Waals surface area (Å²) in [6, 6.07) is 6.09. The van der Waals surface area contributed by atoms with Crippen LogP contribution in [0.5, 0.6) is 0 Å². The molecule has 0 saturated carbocycles. The molecule has 0 aliphatic heterocycles. The molecule has 1 atom stereocenters. The van der Waals surface area contributed by atoms with E-state index in [-0.39, 0.29) is 6.04 Å². The standard InChI is InChI=1S/C12H18ClN/c1-4-9-7-10(13)5-6-11(9)12(14)8(2)3/h5-8,12H,4,14H2,1-3H3/t12-/m0/s1. The van der Waals surface area contributed by atoms with Crippen LogP contribution in [0.25, 0.3) is 0 Å². The highest BCUT2D eigenvalue weighted by Crippen LogP contribution is 2.25. The molecule has 0 aliphatic carbocycles. The fourth-order valence-electron chi connectivity index (χ4n) is 1.56. The number of hydrogen-bond donors (Lipinski definition) is 1. The van der Waals surface area contributed by atoms with Crippen molar-refractivity contribution in [2.75, 3.05) is 0 Å². The summed E-state index contributed by atoms with van der Waals surface area (Å²) in [5.41, 5.74) is 8.61. The average Bonchev–Trinajstić information content (AvgIpc) is 2.16. The van der Waals surface area contributed by atoms with E-state index < -0.39 is 0 Å². The van der Waals surface area contributed by atoms with Gasteiger partial charge in [-0.25, -0.2) is 0 Å². The Labute approximate surface area is 91.3 Å². The molecule has 0 saturated heterocycles. The Morgan fingerprint density at radius 3 is 2.50 bits per heavy atom. The molecule has 0 heterocycles. The van der Waals surface area contributed by atoms with Crippen molar-refractivity contribution >= 4 is 11.6 Å². The summed E-state index contributed by atoms with van der Waals surface area (Å²) < 4.78 is 0. The smallest absolute Gasteiger partial charge is 0.0408 e. The Bertz CT molecular complexity index is 307. The minimum atomic E-state index is 0.113. The van der Waals surface area contributed by atoms with Gasteiger partial charge < -0.3 is 5.73 Å². The summed E-state index contributed by atoms with van der Waals surface area (Å²) in [6.45, 7) is 6.40. The monoisotopic (exact) mass is 211 g/mol. The van der Waals surface area contributed by atoms with Crippen molar-refractivity contribution in [3.05, 3.63) is 34.3 Å². The van der Waals surface area contributed by atoms with Crippen molar-refractivity contribution < 1.29 is 0 Å². The lowest BCUT2D eigenvalue weighted by Gasteiger charge is -2.19. The Kier molecular flexibility index (Phi) is 3.97. The molecule has 2 heteroatoms. The van der Waals surface area contributed by atoms with E-state index in [4.69, 9.17) is 17.3 Å². The normalized spacial score (nSPS) is 13.3. The molecule has 0 radical (unpaired) electrons. The van der Waals surface area contributed by atoms with Crippen molar-refractivity contribution in [1.82, 2.24) is 0 Å². The first-order valence-electron chi connectivity index (χ1n) is 5.10. The quantitative estimate of drug-likeness (QED) is 0.813. The summed E-state index contributed by atoms with van der Waals surface area (Å²) >= 11 is 5.94. The zero-order chi connectivity index (χ0) is 10.7. The van der Waals surface area contributed by atoms with E-state index in [0.717, 1.165) is 11.4 Å². The summed E-state index contributed by atoms with van der Waals surface area (Å²) in [7, 11) is 0. The van der Waals surface area contributed by atoms with Gasteiger partial charge in [0, 0.05) is 11.1 Å². The molecule has 0 aromatic heterocycles. The predicted octanol–water partition coefficient (Wildman–Crippen LogP) is 3.56. The molecule has 78 valence electrons. The number of rotatable bonds is 3. The van der Waals surface area contributed by atoms with Gasteiger partial charge in [0.05, 0.1) is 0 Å². The largest absolute Gasteiger partial charge is 0.324 e. The second-order valence-electron chi connectivity index (χ2n) is 3.97. The number of aryl methyl sites for hydroxylation is 1. The molecule has 0 amide bonds. The number of halogens is 1. The number of hydrogen-bond acceptors (Lipinski definition) is 1. The highest BCUT2D eigenvalue weighted by atomic mass is 35.5. The van der Waals surface area contributed by atoms with Crippen LogP contribution in [0.2, 0.25) is 5.02 Å². The molecule has 0 fully saturated rings. The van der Waals surface area contributed by atoms with Gasteiger partial charge >= 0.3 is 0 Å². The zero-order valence-electron chi connectivity index (χ0n) is 9.05. The van der Waals surface area contributed by atoms with Crippen LogP contribution < -0.4 is 5.73 Å². The third-order valence-electron chi connectivity index (χ3n) is 2.56. The van der Waals surface area contributed by atoms with E-state index in [1.165, 1.54) is 11.1 Å². The molecule has 0 bridgehead atoms. The predicted molar refractivity (Wildman–Crippen MR) is 62.6 cm³/mol. The highest BCUT2D eigenvalue weighted by molar-refractivity contribution is 6.30. The van der Waals surface area contributed by atoms with Gasteiger partial charge in [0.25, 0.3) is 0 Å². The van der Waals surface area contributed by atoms with Crippen LogP contribution in [0.1, 0.15) is 37.9 Å². The topological polar surface area (TPSA) is 26.0 Å². The molecule has 0 spiro atoms. The van der Waals surface area contributed by atoms with E-state index >= 15 is 0 Å². The number of benzene rings is 1. The summed E-state index contributed by atoms with van der Waals surface area (Å²) in [4.78, 5) is 0. The third kappa shape index (κ3) is 2.49. The molecular weight excluding hydrogens is 194 g/mol. The Balaban J connectivity index is 3.07. The Hall–Kier alpha value is -0.530. The van der Waals surface area contributed by atoms with Crippen LogP contribution in [0.3, 0.4) is 0 Å². The SMILES string of the molecule is CCc1cc(Cl)ccc1[C@@H](N)C(C)C. The average molecular weight is 212 g/mol. The Morgan fingerprint density at radius 2 is 2.00 bits per heavy atom. The maximum atomic E-state index is 6.12. The molecule has 14 heavy (non-hydrogen) atoms. The lowest BCUT2D eigenvalue weighted by molar-refractivity contribution is 0.511. The second-order valence-corrected chi connectivity index (χ2v) is 4.40. The zero-order valence-corrected chi connectivity index (χ0v) is 9.81. The van der Waals surface area contributed by atoms with Gasteiger partial charge in [0.15, 0.2) is 0 Å². The summed E-state index contributed by atoms with van der Waals surface area (Å²) in [5, 5.41) is 0.793. The van der Waals surface area contributed by atoms with Gasteiger partial charge in [-0.3, -0.25) is 0 Å². The van der Waals surface area contributed by atoms with Crippen LogP contribution in [-0.4, -0.2) is 0 Å². The van der Waals surface area contributed by atoms with Crippen LogP contribution >= 0.6 is 11.6 Å². The molecule has 1 aromatic carbocycles. The molecular formula is C12H18ClN. The number of nitrogens with two attached hydrogens (primary N) is 1. The van der Waals surface area contributed by atoms with Crippen molar-refractivity contribution in [2.24, 2.45) is 11.7 Å². The van der Waals surface area contributed by atoms with Crippen LogP contribution in [0.4, 0.5) is 0 Å². The summed E-state index contributed by atoms with van der Waals surface area (Å²) in [6.07, 6.45) is 0.982. The van der Waals surface area contributed by atoms with Gasteiger partial charge in [-0.15, -0.1) is 0 Å². The maximum absolute atomic E-state index is 6.12. The van der Waals surface area contributed by atoms with Crippen LogP contribution in [-0.2, 0) is 6.42 Å². The highest BCUT2D eigenvalue weighted by Gasteiger charge is 2.13. The third-order valence-corrected chi connectivity index (χ3v) is 2.80. The van der Waals surface area contributed by atoms with E-state index in [1.54, 1.807) is 0 Å². The van der Waals surface area contributed by atoms with Crippen molar-refractivity contribution in [3.63, 3.8) is 0 Å². The van der Waals surface area contributed by atoms with Crippen molar-refractivity contribution in [2.45, 2.75) is 33.2 Å². The second kappa shape index (κ2) is 4.81. The van der Waals surface area contributed by atoms with E-state index in [2.05, 4.69) is 20.8 Å². The van der Waals surface area contributed by atoms with Gasteiger partial charge in [0.2, 0.25) is 0 Å². The van der Waals surface area contributed by atoms with Gasteiger partial charge in [-0.1, -0.05) is 38.4 Å². The Morgan fingerprint density at radius 1 is 1.36 bits per heavy atom.